The van der Waals surface area contributed by atoms with Gasteiger partial charge in [0, 0.05) is 34.2 Å². The standard InChI is InChI=1S/C10H24NO3Si.C4F10NO4S2/c1-5-11(8-6-7-9-11)10-15(12-2,13-3)14-4;5-1(6,7)3(11,12)20(16,17)15-21(18,19)4(13,14)2(8,9)10/h5-10H2,1-4H3;/q+1;-1. The molecule has 22 heteroatoms. The molecular formula is C14H24F10N2O7S2Si. The number of alkyl halides is 10. The average Bonchev–Trinajstić information content (AvgIpc) is 3.19. The maximum absolute atomic E-state index is 12.3. The van der Waals surface area contributed by atoms with Crippen LogP contribution >= 0.6 is 0 Å². The van der Waals surface area contributed by atoms with E-state index in [1.807, 2.05) is 0 Å². The molecule has 0 atom stereocenters. The third-order valence-corrected chi connectivity index (χ3v) is 11.4. The van der Waals surface area contributed by atoms with Crippen molar-refractivity contribution in [3.05, 3.63) is 4.13 Å². The zero-order valence-corrected chi connectivity index (χ0v) is 21.7. The number of sulfonamides is 2. The molecule has 0 aromatic carbocycles. The monoisotopic (exact) mass is 614 g/mol. The Morgan fingerprint density at radius 2 is 1.03 bits per heavy atom. The number of nitrogens with zero attached hydrogens (tertiary/aromatic N) is 2. The van der Waals surface area contributed by atoms with Gasteiger partial charge in [-0.15, -0.1) is 0 Å². The van der Waals surface area contributed by atoms with Crippen molar-refractivity contribution >= 4 is 28.9 Å². The lowest BCUT2D eigenvalue weighted by Crippen LogP contribution is -2.61. The average molecular weight is 615 g/mol. The predicted octanol–water partition coefficient (Wildman–Crippen LogP) is 3.36. The Morgan fingerprint density at radius 1 is 0.722 bits per heavy atom. The molecule has 36 heavy (non-hydrogen) atoms. The first kappa shape index (κ1) is 35.2. The van der Waals surface area contributed by atoms with Crippen LogP contribution < -0.4 is 0 Å². The van der Waals surface area contributed by atoms with Crippen molar-refractivity contribution in [2.75, 3.05) is 47.1 Å². The minimum atomic E-state index is -7.62. The van der Waals surface area contributed by atoms with E-state index in [4.69, 9.17) is 13.3 Å². The molecule has 0 bridgehead atoms. The van der Waals surface area contributed by atoms with Crippen LogP contribution in [0.3, 0.4) is 0 Å². The van der Waals surface area contributed by atoms with Crippen LogP contribution in [0.5, 0.6) is 0 Å². The van der Waals surface area contributed by atoms with Crippen LogP contribution in [0, 0.1) is 0 Å². The smallest absolute Gasteiger partial charge is 0.425 e. The summed E-state index contributed by atoms with van der Waals surface area (Å²) < 4.78 is 179. The van der Waals surface area contributed by atoms with Gasteiger partial charge in [-0.25, -0.2) is 16.8 Å². The molecule has 9 nitrogen and oxygen atoms in total. The Morgan fingerprint density at radius 3 is 1.25 bits per heavy atom. The number of hydrogen-bond acceptors (Lipinski definition) is 7. The molecule has 1 saturated heterocycles. The lowest BCUT2D eigenvalue weighted by atomic mass is 10.4. The van der Waals surface area contributed by atoms with Gasteiger partial charge in [0.2, 0.25) is 0 Å². The van der Waals surface area contributed by atoms with Crippen LogP contribution in [0.15, 0.2) is 0 Å². The second kappa shape index (κ2) is 11.5. The minimum absolute atomic E-state index is 0.422. The molecule has 1 aliphatic rings. The van der Waals surface area contributed by atoms with Gasteiger partial charge in [-0.3, -0.25) is 0 Å². The van der Waals surface area contributed by atoms with E-state index in [0.29, 0.717) is 4.13 Å². The van der Waals surface area contributed by atoms with Crippen LogP contribution in [0.4, 0.5) is 43.9 Å². The molecule has 1 aliphatic heterocycles. The fourth-order valence-electron chi connectivity index (χ4n) is 2.96. The topological polar surface area (TPSA) is 110 Å². The molecule has 0 radical (unpaired) electrons. The van der Waals surface area contributed by atoms with E-state index < -0.39 is 51.7 Å². The van der Waals surface area contributed by atoms with Crippen molar-refractivity contribution in [2.24, 2.45) is 0 Å². The summed E-state index contributed by atoms with van der Waals surface area (Å²) in [6.45, 7) is 5.86. The quantitative estimate of drug-likeness (QED) is 0.211. The fourth-order valence-corrected chi connectivity index (χ4v) is 7.58. The Bertz CT molecular complexity index is 864. The Labute approximate surface area is 201 Å². The van der Waals surface area contributed by atoms with E-state index >= 15 is 0 Å². The summed E-state index contributed by atoms with van der Waals surface area (Å²) in [5.74, 6) is 0. The van der Waals surface area contributed by atoms with Gasteiger partial charge in [0.25, 0.3) is 0 Å². The summed E-state index contributed by atoms with van der Waals surface area (Å²) in [6.07, 6.45) is -10.5. The fraction of sp³-hybridized carbons (Fsp3) is 1.00. The van der Waals surface area contributed by atoms with E-state index in [0.717, 1.165) is 17.2 Å². The van der Waals surface area contributed by atoms with Gasteiger partial charge in [-0.1, -0.05) is 0 Å². The highest BCUT2D eigenvalue weighted by molar-refractivity contribution is 8.13. The van der Waals surface area contributed by atoms with Gasteiger partial charge in [0.15, 0.2) is 20.0 Å². The summed E-state index contributed by atoms with van der Waals surface area (Å²) in [7, 11) is -12.6. The van der Waals surface area contributed by atoms with Gasteiger partial charge < -0.3 is 21.9 Å². The third-order valence-electron chi connectivity index (χ3n) is 5.15. The van der Waals surface area contributed by atoms with E-state index in [1.165, 1.54) is 25.9 Å². The molecule has 1 fully saturated rings. The van der Waals surface area contributed by atoms with Crippen LogP contribution in [-0.2, 0) is 33.3 Å². The molecule has 0 saturated carbocycles. The van der Waals surface area contributed by atoms with Crippen LogP contribution in [0.2, 0.25) is 0 Å². The highest BCUT2D eigenvalue weighted by Crippen LogP contribution is 2.47. The van der Waals surface area contributed by atoms with Gasteiger partial charge in [-0.2, -0.15) is 43.9 Å². The van der Waals surface area contributed by atoms with Crippen LogP contribution in [0.25, 0.3) is 4.13 Å². The molecule has 0 aromatic heterocycles. The molecule has 218 valence electrons. The number of quaternary nitrogens is 1. The van der Waals surface area contributed by atoms with E-state index in [-0.39, 0.29) is 0 Å². The maximum Gasteiger partial charge on any atom is 0.558 e. The van der Waals surface area contributed by atoms with E-state index in [1.54, 1.807) is 21.3 Å². The van der Waals surface area contributed by atoms with Gasteiger partial charge >= 0.3 is 31.7 Å². The molecule has 1 heterocycles. The molecule has 0 amide bonds. The lowest BCUT2D eigenvalue weighted by molar-refractivity contribution is -0.907. The summed E-state index contributed by atoms with van der Waals surface area (Å²) in [5.41, 5.74) is 0. The summed E-state index contributed by atoms with van der Waals surface area (Å²) in [4.78, 5) is 0. The molecule has 0 unspecified atom stereocenters. The first-order valence-electron chi connectivity index (χ1n) is 9.49. The highest BCUT2D eigenvalue weighted by Gasteiger charge is 2.68. The molecule has 0 spiro atoms. The Kier molecular flexibility index (Phi) is 11.3. The van der Waals surface area contributed by atoms with E-state index in [2.05, 4.69) is 6.92 Å². The Hall–Kier alpha value is -0.783. The van der Waals surface area contributed by atoms with Crippen molar-refractivity contribution in [1.29, 1.82) is 0 Å². The van der Waals surface area contributed by atoms with Gasteiger partial charge in [0.1, 0.15) is 6.17 Å². The number of likely N-dealkylation sites (tertiary alicyclic amines) is 1. The minimum Gasteiger partial charge on any atom is -0.425 e. The van der Waals surface area contributed by atoms with Crippen molar-refractivity contribution < 1.29 is 78.5 Å². The van der Waals surface area contributed by atoms with Crippen LogP contribution in [0.1, 0.15) is 19.8 Å². The molecule has 0 aliphatic carbocycles. The SMILES string of the molecule is CC[N+]1(C[Si](OC)(OC)OC)CCCC1.O=S(=O)([N-]S(=O)(=O)C(F)(F)C(F)(F)F)C(F)(F)C(F)(F)F. The second-order valence-corrected chi connectivity index (χ2v) is 13.7. The lowest BCUT2D eigenvalue weighted by Gasteiger charge is -2.38. The third kappa shape index (κ3) is 7.41. The largest absolute Gasteiger partial charge is 0.558 e. The maximum atomic E-state index is 12.3. The Balaban J connectivity index is 0.000000717. The molecule has 1 rings (SSSR count). The number of hydrogen-bond donors (Lipinski definition) is 0. The first-order valence-corrected chi connectivity index (χ1v) is 14.3. The molecule has 0 aromatic rings. The normalized spacial score (nSPS) is 18.1. The summed E-state index contributed by atoms with van der Waals surface area (Å²) >= 11 is 0. The van der Waals surface area contributed by atoms with Crippen molar-refractivity contribution in [3.63, 3.8) is 0 Å². The summed E-state index contributed by atoms with van der Waals surface area (Å²) in [6, 6.07) is 0. The van der Waals surface area contributed by atoms with Gasteiger partial charge in [-0.05, 0) is 6.92 Å². The summed E-state index contributed by atoms with van der Waals surface area (Å²) in [5, 5.41) is -14.0. The predicted molar refractivity (Wildman–Crippen MR) is 105 cm³/mol. The zero-order chi connectivity index (χ0) is 29.1. The first-order chi connectivity index (χ1) is 15.9. The van der Waals surface area contributed by atoms with Crippen molar-refractivity contribution in [1.82, 2.24) is 0 Å². The van der Waals surface area contributed by atoms with Crippen molar-refractivity contribution in [3.8, 4) is 0 Å². The number of rotatable bonds is 10. The number of halogens is 10. The van der Waals surface area contributed by atoms with Crippen molar-refractivity contribution in [2.45, 2.75) is 42.6 Å². The highest BCUT2D eigenvalue weighted by atomic mass is 32.3. The van der Waals surface area contributed by atoms with E-state index in [9.17, 15) is 60.7 Å². The molecule has 0 N–H and O–H groups in total. The second-order valence-electron chi connectivity index (χ2n) is 7.32. The van der Waals surface area contributed by atoms with Gasteiger partial charge in [0.05, 0.1) is 19.6 Å². The molecular weight excluding hydrogens is 590 g/mol. The van der Waals surface area contributed by atoms with Crippen LogP contribution in [-0.4, -0.2) is 100 Å². The zero-order valence-electron chi connectivity index (χ0n) is 19.1.